The van der Waals surface area contributed by atoms with Crippen LogP contribution in [0.4, 0.5) is 0 Å². The number of fused-ring (bicyclic) bond motifs is 3. The van der Waals surface area contributed by atoms with E-state index in [1.165, 1.54) is 6.26 Å². The van der Waals surface area contributed by atoms with E-state index >= 15 is 0 Å². The molecule has 4 fully saturated rings. The SMILES string of the molecule is OC[C@@H]1O[C@H](OC[C@@H]2O[C@H](O[C@@H]3OC=C[C@H]4[C@H](O)[C@H]5O[C@@]5(CO)[C@@H]34)[C@H](O)[C@@H](O)[C@@H]2O)[C@H](O)[C@@H](O)[C@H]1O. The van der Waals surface area contributed by atoms with Gasteiger partial charge in [-0.05, 0) is 6.08 Å². The molecule has 4 aliphatic heterocycles. The molecule has 15 nitrogen and oxygen atoms in total. The second-order valence-electron chi connectivity index (χ2n) is 9.76. The average Bonchev–Trinajstić information content (AvgIpc) is 3.57. The lowest BCUT2D eigenvalue weighted by Gasteiger charge is -2.44. The summed E-state index contributed by atoms with van der Waals surface area (Å²) in [6.07, 6.45) is -15.4. The predicted molar refractivity (Wildman–Crippen MR) is 109 cm³/mol. The van der Waals surface area contributed by atoms with Crippen molar-refractivity contribution in [2.75, 3.05) is 19.8 Å². The summed E-state index contributed by atoms with van der Waals surface area (Å²) in [4.78, 5) is 0. The van der Waals surface area contributed by atoms with Crippen LogP contribution in [0.3, 0.4) is 0 Å². The highest BCUT2D eigenvalue weighted by Gasteiger charge is 2.75. The van der Waals surface area contributed by atoms with Gasteiger partial charge >= 0.3 is 0 Å². The van der Waals surface area contributed by atoms with Crippen molar-refractivity contribution in [3.8, 4) is 0 Å². The summed E-state index contributed by atoms with van der Waals surface area (Å²) >= 11 is 0. The van der Waals surface area contributed by atoms with Gasteiger partial charge in [-0.1, -0.05) is 0 Å². The van der Waals surface area contributed by atoms with E-state index < -0.39 is 117 Å². The lowest BCUT2D eigenvalue weighted by atomic mass is 9.85. The maximum absolute atomic E-state index is 10.5. The van der Waals surface area contributed by atoms with E-state index in [0.29, 0.717) is 0 Å². The van der Waals surface area contributed by atoms with Crippen LogP contribution in [0.15, 0.2) is 12.3 Å². The van der Waals surface area contributed by atoms with Crippen LogP contribution in [0.1, 0.15) is 0 Å². The van der Waals surface area contributed by atoms with E-state index in [0.717, 1.165) is 0 Å². The third kappa shape index (κ3) is 4.17. The van der Waals surface area contributed by atoms with Gasteiger partial charge in [0.05, 0.1) is 38.1 Å². The molecule has 0 aromatic heterocycles. The van der Waals surface area contributed by atoms with Crippen LogP contribution < -0.4 is 0 Å². The van der Waals surface area contributed by atoms with Crippen molar-refractivity contribution >= 4 is 0 Å². The van der Waals surface area contributed by atoms with Crippen LogP contribution in [0.5, 0.6) is 0 Å². The number of hydrogen-bond donors (Lipinski definition) is 9. The van der Waals surface area contributed by atoms with Gasteiger partial charge in [-0.2, -0.15) is 0 Å². The molecular formula is C21H32O15. The van der Waals surface area contributed by atoms with Crippen LogP contribution >= 0.6 is 0 Å². The van der Waals surface area contributed by atoms with Gasteiger partial charge in [0, 0.05) is 5.92 Å². The molecule has 4 heterocycles. The van der Waals surface area contributed by atoms with Gasteiger partial charge in [0.25, 0.3) is 0 Å². The molecule has 0 bridgehead atoms. The first kappa shape index (κ1) is 26.6. The summed E-state index contributed by atoms with van der Waals surface area (Å²) in [7, 11) is 0. The average molecular weight is 524 g/mol. The summed E-state index contributed by atoms with van der Waals surface area (Å²) in [5.41, 5.74) is -1.09. The molecular weight excluding hydrogens is 492 g/mol. The van der Waals surface area contributed by atoms with E-state index in [-0.39, 0.29) is 0 Å². The third-order valence-electron chi connectivity index (χ3n) is 7.72. The standard InChI is InChI=1S/C21H32O15/c22-3-7-11(25)13(27)15(29)19(33-7)32-4-8-12(26)14(28)16(30)20(34-8)35-18-9-6(1-2-31-18)10(24)17-21(9,5-23)36-17/h1-2,6-20,22-30H,3-5H2/t6-,7+,8+,9-,10+,11+,12-,13+,14+,15-,16-,17-,18+,19+,20-,21+/m1/s1. The fraction of sp³-hybridized carbons (Fsp3) is 0.905. The van der Waals surface area contributed by atoms with Crippen molar-refractivity contribution in [2.45, 2.75) is 85.5 Å². The molecule has 0 unspecified atom stereocenters. The topological polar surface area (TPSA) is 241 Å². The van der Waals surface area contributed by atoms with Gasteiger partial charge in [0.1, 0.15) is 60.5 Å². The lowest BCUT2D eigenvalue weighted by Crippen LogP contribution is -2.62. The first-order chi connectivity index (χ1) is 17.1. The first-order valence-corrected chi connectivity index (χ1v) is 11.7. The van der Waals surface area contributed by atoms with E-state index in [4.69, 9.17) is 28.4 Å². The number of epoxide rings is 1. The number of ether oxygens (including phenoxy) is 6. The second-order valence-corrected chi connectivity index (χ2v) is 9.76. The molecule has 0 aromatic carbocycles. The molecule has 9 N–H and O–H groups in total. The van der Waals surface area contributed by atoms with Crippen LogP contribution in [-0.2, 0) is 28.4 Å². The summed E-state index contributed by atoms with van der Waals surface area (Å²) < 4.78 is 33.1. The Hall–Kier alpha value is -1.02. The largest absolute Gasteiger partial charge is 0.472 e. The van der Waals surface area contributed by atoms with Gasteiger partial charge in [0.2, 0.25) is 6.29 Å². The molecule has 36 heavy (non-hydrogen) atoms. The second kappa shape index (κ2) is 9.94. The van der Waals surface area contributed by atoms with Crippen molar-refractivity contribution in [3.05, 3.63) is 12.3 Å². The van der Waals surface area contributed by atoms with E-state index in [9.17, 15) is 46.0 Å². The summed E-state index contributed by atoms with van der Waals surface area (Å²) in [6, 6.07) is 0. The monoisotopic (exact) mass is 524 g/mol. The van der Waals surface area contributed by atoms with Crippen LogP contribution in [0, 0.1) is 11.8 Å². The zero-order chi connectivity index (χ0) is 25.9. The molecule has 15 heteroatoms. The van der Waals surface area contributed by atoms with Crippen molar-refractivity contribution in [1.29, 1.82) is 0 Å². The maximum Gasteiger partial charge on any atom is 0.208 e. The highest BCUT2D eigenvalue weighted by atomic mass is 16.8. The van der Waals surface area contributed by atoms with Crippen molar-refractivity contribution < 1.29 is 74.4 Å². The van der Waals surface area contributed by atoms with Crippen molar-refractivity contribution in [2.24, 2.45) is 11.8 Å². The predicted octanol–water partition coefficient (Wildman–Crippen LogP) is -5.77. The fourth-order valence-corrected chi connectivity index (χ4v) is 5.56. The Morgan fingerprint density at radius 3 is 2.03 bits per heavy atom. The molecule has 0 spiro atoms. The minimum atomic E-state index is -1.74. The number of aliphatic hydroxyl groups excluding tert-OH is 9. The number of hydrogen-bond acceptors (Lipinski definition) is 15. The zero-order valence-corrected chi connectivity index (χ0v) is 18.9. The minimum absolute atomic E-state index is 0.405. The van der Waals surface area contributed by atoms with Crippen molar-refractivity contribution in [3.63, 3.8) is 0 Å². The summed E-state index contributed by atoms with van der Waals surface area (Å²) in [5.74, 6) is -1.12. The lowest BCUT2D eigenvalue weighted by molar-refractivity contribution is -0.355. The molecule has 5 aliphatic rings. The Bertz CT molecular complexity index is 812. The van der Waals surface area contributed by atoms with Crippen LogP contribution in [0.25, 0.3) is 0 Å². The highest BCUT2D eigenvalue weighted by molar-refractivity contribution is 5.24. The van der Waals surface area contributed by atoms with Gasteiger partial charge in [-0.25, -0.2) is 0 Å². The molecule has 16 atom stereocenters. The first-order valence-electron chi connectivity index (χ1n) is 11.7. The Labute approximate surface area is 204 Å². The fourth-order valence-electron chi connectivity index (χ4n) is 5.56. The summed E-state index contributed by atoms with van der Waals surface area (Å²) in [6.45, 7) is -1.59. The Morgan fingerprint density at radius 1 is 0.722 bits per heavy atom. The zero-order valence-electron chi connectivity index (χ0n) is 18.9. The van der Waals surface area contributed by atoms with E-state index in [1.54, 1.807) is 6.08 Å². The van der Waals surface area contributed by atoms with Gasteiger partial charge < -0.3 is 74.4 Å². The maximum atomic E-state index is 10.5. The molecule has 0 radical (unpaired) electrons. The Morgan fingerprint density at radius 2 is 1.36 bits per heavy atom. The molecule has 1 saturated carbocycles. The highest BCUT2D eigenvalue weighted by Crippen LogP contribution is 2.59. The minimum Gasteiger partial charge on any atom is -0.472 e. The van der Waals surface area contributed by atoms with Gasteiger partial charge in [0.15, 0.2) is 12.6 Å². The van der Waals surface area contributed by atoms with E-state index in [1.807, 2.05) is 0 Å². The normalized spacial score (nSPS) is 56.1. The quantitative estimate of drug-likeness (QED) is 0.141. The molecule has 0 amide bonds. The number of aliphatic hydroxyl groups is 9. The molecule has 3 saturated heterocycles. The van der Waals surface area contributed by atoms with Crippen LogP contribution in [0.2, 0.25) is 0 Å². The smallest absolute Gasteiger partial charge is 0.208 e. The van der Waals surface area contributed by atoms with Gasteiger partial charge in [-0.3, -0.25) is 0 Å². The molecule has 206 valence electrons. The van der Waals surface area contributed by atoms with Crippen molar-refractivity contribution in [1.82, 2.24) is 0 Å². The third-order valence-corrected chi connectivity index (χ3v) is 7.72. The van der Waals surface area contributed by atoms with Crippen LogP contribution in [-0.4, -0.2) is 151 Å². The Balaban J connectivity index is 1.25. The Kier molecular flexibility index (Phi) is 7.34. The summed E-state index contributed by atoms with van der Waals surface area (Å²) in [5, 5.41) is 90.8. The molecule has 1 aliphatic carbocycles. The van der Waals surface area contributed by atoms with Gasteiger partial charge in [-0.15, -0.1) is 0 Å². The molecule has 0 aromatic rings. The van der Waals surface area contributed by atoms with E-state index in [2.05, 4.69) is 0 Å². The number of rotatable bonds is 7. The molecule has 5 rings (SSSR count).